The Kier molecular flexibility index (Phi) is 3.97. The van der Waals surface area contributed by atoms with E-state index >= 15 is 0 Å². The van der Waals surface area contributed by atoms with Crippen molar-refractivity contribution in [1.29, 1.82) is 0 Å². The molecule has 1 saturated heterocycles. The van der Waals surface area contributed by atoms with Crippen LogP contribution in [0.15, 0.2) is 30.3 Å². The van der Waals surface area contributed by atoms with E-state index in [1.165, 1.54) is 4.90 Å². The first-order valence-corrected chi connectivity index (χ1v) is 6.20. The minimum Gasteiger partial charge on any atom is -0.444 e. The van der Waals surface area contributed by atoms with Gasteiger partial charge < -0.3 is 4.74 Å². The van der Waals surface area contributed by atoms with Crippen molar-refractivity contribution in [3.05, 3.63) is 35.9 Å². The van der Waals surface area contributed by atoms with Gasteiger partial charge in [0, 0.05) is 12.5 Å². The largest absolute Gasteiger partial charge is 0.444 e. The van der Waals surface area contributed by atoms with Gasteiger partial charge in [0.15, 0.2) is 0 Å². The minimum absolute atomic E-state index is 0.0805. The molecule has 2 rings (SSSR count). The van der Waals surface area contributed by atoms with E-state index < -0.39 is 6.09 Å². The molecule has 0 bridgehead atoms. The number of piperidine rings is 1. The van der Waals surface area contributed by atoms with E-state index in [1.54, 1.807) is 0 Å². The van der Waals surface area contributed by atoms with Gasteiger partial charge in [0.25, 0.3) is 0 Å². The van der Waals surface area contributed by atoms with Crippen molar-refractivity contribution in [3.8, 4) is 0 Å². The highest BCUT2D eigenvalue weighted by Crippen LogP contribution is 2.18. The second kappa shape index (κ2) is 5.67. The number of rotatable bonds is 2. The molecular weight excluding hydrogens is 230 g/mol. The maximum atomic E-state index is 11.8. The number of amides is 2. The highest BCUT2D eigenvalue weighted by Gasteiger charge is 2.30. The van der Waals surface area contributed by atoms with Gasteiger partial charge in [0.1, 0.15) is 6.61 Å². The van der Waals surface area contributed by atoms with Crippen molar-refractivity contribution in [2.24, 2.45) is 5.92 Å². The van der Waals surface area contributed by atoms with Crippen molar-refractivity contribution in [2.75, 3.05) is 6.54 Å². The van der Waals surface area contributed by atoms with Crippen molar-refractivity contribution in [3.63, 3.8) is 0 Å². The highest BCUT2D eigenvalue weighted by atomic mass is 16.6. The third-order valence-corrected chi connectivity index (χ3v) is 3.13. The normalized spacial score (nSPS) is 19.7. The fraction of sp³-hybridized carbons (Fsp3) is 0.429. The van der Waals surface area contributed by atoms with Crippen LogP contribution in [0, 0.1) is 5.92 Å². The fourth-order valence-corrected chi connectivity index (χ4v) is 2.03. The Labute approximate surface area is 107 Å². The number of imide groups is 1. The van der Waals surface area contributed by atoms with Gasteiger partial charge in [-0.15, -0.1) is 0 Å². The van der Waals surface area contributed by atoms with Crippen molar-refractivity contribution in [2.45, 2.75) is 26.4 Å². The van der Waals surface area contributed by atoms with E-state index in [-0.39, 0.29) is 18.4 Å². The molecule has 0 saturated carbocycles. The summed E-state index contributed by atoms with van der Waals surface area (Å²) >= 11 is 0. The van der Waals surface area contributed by atoms with Gasteiger partial charge in [0.2, 0.25) is 5.91 Å². The Morgan fingerprint density at radius 2 is 2.11 bits per heavy atom. The van der Waals surface area contributed by atoms with Crippen molar-refractivity contribution >= 4 is 12.0 Å². The number of nitrogens with zero attached hydrogens (tertiary/aromatic N) is 1. The lowest BCUT2D eigenvalue weighted by Crippen LogP contribution is -2.44. The predicted molar refractivity (Wildman–Crippen MR) is 66.7 cm³/mol. The SMILES string of the molecule is C[C@H]1CCCN(C(=O)OCc2ccccc2)C1=O. The standard InChI is InChI=1S/C14H17NO3/c1-11-6-5-9-15(13(11)16)14(17)18-10-12-7-3-2-4-8-12/h2-4,7-8,11H,5-6,9-10H2,1H3/t11-/m0/s1. The van der Waals surface area contributed by atoms with Gasteiger partial charge in [-0.1, -0.05) is 37.3 Å². The smallest absolute Gasteiger partial charge is 0.416 e. The molecular formula is C14H17NO3. The fourth-order valence-electron chi connectivity index (χ4n) is 2.03. The summed E-state index contributed by atoms with van der Waals surface area (Å²) in [6.07, 6.45) is 1.17. The number of ether oxygens (including phenoxy) is 1. The molecule has 0 N–H and O–H groups in total. The van der Waals surface area contributed by atoms with Gasteiger partial charge in [-0.2, -0.15) is 0 Å². The molecule has 1 heterocycles. The molecule has 1 atom stereocenters. The van der Waals surface area contributed by atoms with E-state index in [2.05, 4.69) is 0 Å². The summed E-state index contributed by atoms with van der Waals surface area (Å²) in [6.45, 7) is 2.52. The average molecular weight is 247 g/mol. The third-order valence-electron chi connectivity index (χ3n) is 3.13. The second-order valence-corrected chi connectivity index (χ2v) is 4.57. The topological polar surface area (TPSA) is 46.6 Å². The summed E-state index contributed by atoms with van der Waals surface area (Å²) in [6, 6.07) is 9.44. The molecule has 0 radical (unpaired) electrons. The number of carbonyl (C=O) groups is 2. The molecule has 1 aliphatic rings. The number of benzene rings is 1. The molecule has 1 aliphatic heterocycles. The molecule has 0 aliphatic carbocycles. The second-order valence-electron chi connectivity index (χ2n) is 4.57. The van der Waals surface area contributed by atoms with Crippen LogP contribution >= 0.6 is 0 Å². The van der Waals surface area contributed by atoms with Crippen LogP contribution in [0.25, 0.3) is 0 Å². The molecule has 1 aromatic carbocycles. The van der Waals surface area contributed by atoms with Crippen LogP contribution in [0.3, 0.4) is 0 Å². The van der Waals surface area contributed by atoms with E-state index in [1.807, 2.05) is 37.3 Å². The Bertz CT molecular complexity index is 430. The Hall–Kier alpha value is -1.84. The zero-order chi connectivity index (χ0) is 13.0. The lowest BCUT2D eigenvalue weighted by Gasteiger charge is -2.28. The number of hydrogen-bond donors (Lipinski definition) is 0. The first-order valence-electron chi connectivity index (χ1n) is 6.20. The maximum Gasteiger partial charge on any atom is 0.416 e. The Morgan fingerprint density at radius 3 is 2.83 bits per heavy atom. The number of hydrogen-bond acceptors (Lipinski definition) is 3. The van der Waals surface area contributed by atoms with Gasteiger partial charge in [-0.3, -0.25) is 4.79 Å². The van der Waals surface area contributed by atoms with E-state index in [4.69, 9.17) is 4.74 Å². The molecule has 1 fully saturated rings. The van der Waals surface area contributed by atoms with Crippen molar-refractivity contribution < 1.29 is 14.3 Å². The lowest BCUT2D eigenvalue weighted by molar-refractivity contribution is -0.135. The molecule has 4 nitrogen and oxygen atoms in total. The first kappa shape index (κ1) is 12.6. The molecule has 96 valence electrons. The average Bonchev–Trinajstić information content (AvgIpc) is 2.40. The zero-order valence-corrected chi connectivity index (χ0v) is 10.5. The van der Waals surface area contributed by atoms with Crippen LogP contribution in [0.1, 0.15) is 25.3 Å². The van der Waals surface area contributed by atoms with E-state index in [0.717, 1.165) is 18.4 Å². The summed E-state index contributed by atoms with van der Waals surface area (Å²) in [5, 5.41) is 0. The third kappa shape index (κ3) is 2.88. The molecule has 0 unspecified atom stereocenters. The van der Waals surface area contributed by atoms with Crippen LogP contribution in [-0.4, -0.2) is 23.4 Å². The van der Waals surface area contributed by atoms with Gasteiger partial charge >= 0.3 is 6.09 Å². The molecule has 4 heteroatoms. The molecule has 0 aromatic heterocycles. The summed E-state index contributed by atoms with van der Waals surface area (Å²) in [7, 11) is 0. The van der Waals surface area contributed by atoms with Gasteiger partial charge in [-0.25, -0.2) is 9.69 Å². The lowest BCUT2D eigenvalue weighted by atomic mass is 10.00. The van der Waals surface area contributed by atoms with Crippen LogP contribution in [0.4, 0.5) is 4.79 Å². The zero-order valence-electron chi connectivity index (χ0n) is 10.5. The van der Waals surface area contributed by atoms with Gasteiger partial charge in [0.05, 0.1) is 0 Å². The first-order chi connectivity index (χ1) is 8.68. The molecule has 2 amide bonds. The predicted octanol–water partition coefficient (Wildman–Crippen LogP) is 2.58. The Balaban J connectivity index is 1.90. The van der Waals surface area contributed by atoms with Crippen LogP contribution in [-0.2, 0) is 16.1 Å². The Morgan fingerprint density at radius 1 is 1.39 bits per heavy atom. The summed E-state index contributed by atoms with van der Waals surface area (Å²) in [5.74, 6) is -0.206. The van der Waals surface area contributed by atoms with Crippen molar-refractivity contribution in [1.82, 2.24) is 4.90 Å². The van der Waals surface area contributed by atoms with Gasteiger partial charge in [-0.05, 0) is 18.4 Å². The highest BCUT2D eigenvalue weighted by molar-refractivity contribution is 5.93. The molecule has 18 heavy (non-hydrogen) atoms. The molecule has 1 aromatic rings. The van der Waals surface area contributed by atoms with Crippen LogP contribution < -0.4 is 0 Å². The monoisotopic (exact) mass is 247 g/mol. The summed E-state index contributed by atoms with van der Waals surface area (Å²) in [4.78, 5) is 24.8. The van der Waals surface area contributed by atoms with E-state index in [9.17, 15) is 9.59 Å². The van der Waals surface area contributed by atoms with E-state index in [0.29, 0.717) is 6.54 Å². The minimum atomic E-state index is -0.532. The summed E-state index contributed by atoms with van der Waals surface area (Å²) < 4.78 is 5.15. The van der Waals surface area contributed by atoms with Crippen LogP contribution in [0.2, 0.25) is 0 Å². The number of likely N-dealkylation sites (tertiary alicyclic amines) is 1. The number of carbonyl (C=O) groups excluding carboxylic acids is 2. The summed E-state index contributed by atoms with van der Waals surface area (Å²) in [5.41, 5.74) is 0.920. The molecule has 0 spiro atoms. The maximum absolute atomic E-state index is 11.8. The van der Waals surface area contributed by atoms with Crippen LogP contribution in [0.5, 0.6) is 0 Å². The quantitative estimate of drug-likeness (QED) is 0.807.